The Balaban J connectivity index is 2.24. The van der Waals surface area contributed by atoms with Crippen molar-refractivity contribution in [2.45, 2.75) is 52.0 Å². The summed E-state index contributed by atoms with van der Waals surface area (Å²) in [5.74, 6) is 7.00. The molecule has 0 amide bonds. The summed E-state index contributed by atoms with van der Waals surface area (Å²) in [5.41, 5.74) is 2.65. The Morgan fingerprint density at radius 3 is 2.94 bits per heavy atom. The van der Waals surface area contributed by atoms with Crippen molar-refractivity contribution < 1.29 is 4.74 Å². The zero-order valence-electron chi connectivity index (χ0n) is 11.7. The highest BCUT2D eigenvalue weighted by Gasteiger charge is 2.19. The van der Waals surface area contributed by atoms with Crippen LogP contribution in [0.4, 0.5) is 0 Å². The van der Waals surface area contributed by atoms with E-state index in [4.69, 9.17) is 10.6 Å². The summed E-state index contributed by atoms with van der Waals surface area (Å²) in [4.78, 5) is 4.42. The maximum Gasteiger partial charge on any atom is 0.205 e. The van der Waals surface area contributed by atoms with E-state index in [0.717, 1.165) is 32.1 Å². The lowest BCUT2D eigenvalue weighted by atomic mass is 9.87. The minimum Gasteiger partial charge on any atom is -0.382 e. The lowest BCUT2D eigenvalue weighted by Crippen LogP contribution is -2.47. The molecule has 0 aliphatic heterocycles. The first-order valence-electron chi connectivity index (χ1n) is 7.11. The lowest BCUT2D eigenvalue weighted by molar-refractivity contribution is 0.146. The molecular formula is C13H28N4O. The quantitative estimate of drug-likeness (QED) is 0.221. The number of hydrogen-bond donors (Lipinski definition) is 3. The normalized spacial score (nSPS) is 24.9. The highest BCUT2D eigenvalue weighted by molar-refractivity contribution is 5.79. The summed E-state index contributed by atoms with van der Waals surface area (Å²) in [6.45, 7) is 6.58. The fourth-order valence-corrected chi connectivity index (χ4v) is 2.39. The Hall–Kier alpha value is -0.810. The molecule has 18 heavy (non-hydrogen) atoms. The van der Waals surface area contributed by atoms with Crippen molar-refractivity contribution >= 4 is 5.96 Å². The molecule has 106 valence electrons. The van der Waals surface area contributed by atoms with Crippen LogP contribution in [0.1, 0.15) is 46.0 Å². The van der Waals surface area contributed by atoms with E-state index in [9.17, 15) is 0 Å². The second-order valence-corrected chi connectivity index (χ2v) is 5.04. The van der Waals surface area contributed by atoms with Crippen LogP contribution >= 0.6 is 0 Å². The second-order valence-electron chi connectivity index (χ2n) is 5.04. The topological polar surface area (TPSA) is 71.7 Å². The molecule has 1 fully saturated rings. The molecule has 1 aliphatic carbocycles. The van der Waals surface area contributed by atoms with E-state index in [-0.39, 0.29) is 0 Å². The summed E-state index contributed by atoms with van der Waals surface area (Å²) < 4.78 is 5.27. The maximum atomic E-state index is 5.49. The minimum absolute atomic E-state index is 0.510. The number of nitrogens with zero attached hydrogens (tertiary/aromatic N) is 1. The summed E-state index contributed by atoms with van der Waals surface area (Å²) in [5, 5.41) is 3.40. The fourth-order valence-electron chi connectivity index (χ4n) is 2.39. The molecule has 1 saturated carbocycles. The summed E-state index contributed by atoms with van der Waals surface area (Å²) in [7, 11) is 0. The molecule has 0 aromatic rings. The number of hydrazine groups is 1. The maximum absolute atomic E-state index is 5.49. The average Bonchev–Trinajstić information content (AvgIpc) is 2.37. The van der Waals surface area contributed by atoms with Crippen LogP contribution in [0.3, 0.4) is 0 Å². The van der Waals surface area contributed by atoms with E-state index in [1.807, 2.05) is 6.92 Å². The Labute approximate surface area is 111 Å². The molecule has 0 heterocycles. The number of guanidine groups is 1. The fraction of sp³-hybridized carbons (Fsp3) is 0.923. The van der Waals surface area contributed by atoms with Gasteiger partial charge in [-0.1, -0.05) is 19.8 Å². The Morgan fingerprint density at radius 1 is 1.44 bits per heavy atom. The monoisotopic (exact) mass is 256 g/mol. The Kier molecular flexibility index (Phi) is 7.76. The molecule has 2 unspecified atom stereocenters. The molecule has 5 heteroatoms. The number of nitrogens with two attached hydrogens (primary N) is 1. The van der Waals surface area contributed by atoms with Crippen LogP contribution < -0.4 is 16.6 Å². The van der Waals surface area contributed by atoms with Crippen molar-refractivity contribution in [2.75, 3.05) is 19.8 Å². The Morgan fingerprint density at radius 2 is 2.28 bits per heavy atom. The molecule has 5 nitrogen and oxygen atoms in total. The van der Waals surface area contributed by atoms with Gasteiger partial charge in [-0.05, 0) is 32.1 Å². The molecule has 0 spiro atoms. The van der Waals surface area contributed by atoms with E-state index in [2.05, 4.69) is 22.7 Å². The number of aliphatic imine (C=N–C) groups is 1. The molecule has 0 saturated heterocycles. The first-order valence-corrected chi connectivity index (χ1v) is 7.11. The largest absolute Gasteiger partial charge is 0.382 e. The van der Waals surface area contributed by atoms with E-state index >= 15 is 0 Å². The van der Waals surface area contributed by atoms with Gasteiger partial charge in [0.15, 0.2) is 0 Å². The van der Waals surface area contributed by atoms with Crippen LogP contribution in [0.25, 0.3) is 0 Å². The Bertz CT molecular complexity index is 245. The average molecular weight is 256 g/mol. The van der Waals surface area contributed by atoms with Gasteiger partial charge in [-0.25, -0.2) is 5.84 Å². The first-order chi connectivity index (χ1) is 8.76. The molecule has 1 aliphatic rings. The van der Waals surface area contributed by atoms with Gasteiger partial charge in [0, 0.05) is 25.8 Å². The highest BCUT2D eigenvalue weighted by atomic mass is 16.5. The van der Waals surface area contributed by atoms with E-state index in [1.165, 1.54) is 25.7 Å². The lowest BCUT2D eigenvalue weighted by Gasteiger charge is -2.28. The van der Waals surface area contributed by atoms with Gasteiger partial charge in [0.25, 0.3) is 0 Å². The third kappa shape index (κ3) is 6.21. The summed E-state index contributed by atoms with van der Waals surface area (Å²) >= 11 is 0. The van der Waals surface area contributed by atoms with Crippen molar-refractivity contribution in [3.05, 3.63) is 0 Å². The van der Waals surface area contributed by atoms with Crippen molar-refractivity contribution in [3.63, 3.8) is 0 Å². The van der Waals surface area contributed by atoms with Gasteiger partial charge in [-0.3, -0.25) is 10.4 Å². The molecule has 0 aromatic carbocycles. The van der Waals surface area contributed by atoms with Gasteiger partial charge in [0.05, 0.1) is 0 Å². The van der Waals surface area contributed by atoms with Crippen LogP contribution in [0.15, 0.2) is 4.99 Å². The third-order valence-corrected chi connectivity index (χ3v) is 3.33. The van der Waals surface area contributed by atoms with Crippen LogP contribution in [0, 0.1) is 5.92 Å². The van der Waals surface area contributed by atoms with Gasteiger partial charge in [0.2, 0.25) is 5.96 Å². The van der Waals surface area contributed by atoms with Crippen LogP contribution in [-0.4, -0.2) is 31.8 Å². The minimum atomic E-state index is 0.510. The van der Waals surface area contributed by atoms with Gasteiger partial charge in [-0.15, -0.1) is 0 Å². The predicted molar refractivity (Wildman–Crippen MR) is 75.3 cm³/mol. The van der Waals surface area contributed by atoms with Crippen LogP contribution in [-0.2, 0) is 4.74 Å². The molecule has 0 bridgehead atoms. The van der Waals surface area contributed by atoms with E-state index in [1.54, 1.807) is 0 Å². The van der Waals surface area contributed by atoms with E-state index < -0.39 is 0 Å². The second kappa shape index (κ2) is 9.16. The molecular weight excluding hydrogens is 228 g/mol. The molecule has 1 rings (SSSR count). The summed E-state index contributed by atoms with van der Waals surface area (Å²) in [6.07, 6.45) is 5.99. The number of hydrogen-bond acceptors (Lipinski definition) is 3. The zero-order chi connectivity index (χ0) is 13.2. The van der Waals surface area contributed by atoms with Crippen molar-refractivity contribution in [3.8, 4) is 0 Å². The smallest absolute Gasteiger partial charge is 0.205 e. The van der Waals surface area contributed by atoms with Gasteiger partial charge in [0.1, 0.15) is 0 Å². The van der Waals surface area contributed by atoms with Crippen molar-refractivity contribution in [1.29, 1.82) is 0 Å². The van der Waals surface area contributed by atoms with E-state index in [0.29, 0.717) is 12.0 Å². The van der Waals surface area contributed by atoms with Crippen molar-refractivity contribution in [1.82, 2.24) is 10.7 Å². The van der Waals surface area contributed by atoms with Crippen LogP contribution in [0.5, 0.6) is 0 Å². The predicted octanol–water partition coefficient (Wildman–Crippen LogP) is 1.40. The first kappa shape index (κ1) is 15.2. The third-order valence-electron chi connectivity index (χ3n) is 3.33. The summed E-state index contributed by atoms with van der Waals surface area (Å²) in [6, 6.07) is 0.510. The molecule has 0 radical (unpaired) electrons. The number of rotatable bonds is 6. The standard InChI is InChI=1S/C13H28N4O/c1-3-18-9-5-8-15-13(17-14)16-12-7-4-6-11(2)10-12/h11-12H,3-10,14H2,1-2H3,(H2,15,16,17). The molecule has 4 N–H and O–H groups in total. The van der Waals surface area contributed by atoms with Crippen LogP contribution in [0.2, 0.25) is 0 Å². The van der Waals surface area contributed by atoms with Gasteiger partial charge >= 0.3 is 0 Å². The van der Waals surface area contributed by atoms with Gasteiger partial charge < -0.3 is 10.1 Å². The SMILES string of the molecule is CCOCCCN=C(NN)NC1CCCC(C)C1. The molecule has 2 atom stereocenters. The zero-order valence-corrected chi connectivity index (χ0v) is 11.7. The molecule has 0 aromatic heterocycles. The highest BCUT2D eigenvalue weighted by Crippen LogP contribution is 2.23. The number of ether oxygens (including phenoxy) is 1. The number of nitrogens with one attached hydrogen (secondary N) is 2. The van der Waals surface area contributed by atoms with Gasteiger partial charge in [-0.2, -0.15) is 0 Å². The van der Waals surface area contributed by atoms with Crippen molar-refractivity contribution in [2.24, 2.45) is 16.8 Å².